The van der Waals surface area contributed by atoms with Crippen LogP contribution in [0.4, 0.5) is 10.2 Å². The van der Waals surface area contributed by atoms with E-state index in [-0.39, 0.29) is 17.6 Å². The molecule has 6 heteroatoms. The van der Waals surface area contributed by atoms with E-state index in [1.807, 2.05) is 17.0 Å². The van der Waals surface area contributed by atoms with Crippen LogP contribution < -0.4 is 4.90 Å². The quantitative estimate of drug-likeness (QED) is 0.791. The number of hydrogen-bond acceptors (Lipinski definition) is 4. The number of benzene rings is 1. The third kappa shape index (κ3) is 4.49. The Kier molecular flexibility index (Phi) is 6.27. The number of nitrogens with zero attached hydrogens (tertiary/aromatic N) is 4. The molecule has 0 bridgehead atoms. The molecule has 1 aliphatic heterocycles. The highest BCUT2D eigenvalue weighted by atomic mass is 19.1. The van der Waals surface area contributed by atoms with Crippen molar-refractivity contribution in [2.45, 2.75) is 46.5 Å². The second kappa shape index (κ2) is 8.67. The van der Waals surface area contributed by atoms with Crippen LogP contribution in [0.2, 0.25) is 0 Å². The van der Waals surface area contributed by atoms with Crippen molar-refractivity contribution in [1.29, 1.82) is 0 Å². The zero-order valence-corrected chi connectivity index (χ0v) is 17.2. The number of hydrogen-bond donors (Lipinski definition) is 0. The fourth-order valence-electron chi connectivity index (χ4n) is 3.57. The maximum atomic E-state index is 13.3. The van der Waals surface area contributed by atoms with Gasteiger partial charge in [0.25, 0.3) is 0 Å². The van der Waals surface area contributed by atoms with Gasteiger partial charge in [-0.25, -0.2) is 14.4 Å². The van der Waals surface area contributed by atoms with Gasteiger partial charge in [0.15, 0.2) is 0 Å². The highest BCUT2D eigenvalue weighted by Gasteiger charge is 2.24. The maximum Gasteiger partial charge on any atom is 0.219 e. The van der Waals surface area contributed by atoms with Crippen LogP contribution in [-0.4, -0.2) is 47.0 Å². The van der Waals surface area contributed by atoms with E-state index in [2.05, 4.69) is 25.7 Å². The molecule has 1 aliphatic rings. The smallest absolute Gasteiger partial charge is 0.219 e. The van der Waals surface area contributed by atoms with Gasteiger partial charge in [-0.05, 0) is 24.1 Å². The van der Waals surface area contributed by atoms with Gasteiger partial charge < -0.3 is 9.80 Å². The van der Waals surface area contributed by atoms with E-state index in [1.165, 1.54) is 12.1 Å². The van der Waals surface area contributed by atoms with E-state index in [0.29, 0.717) is 19.5 Å². The van der Waals surface area contributed by atoms with Crippen molar-refractivity contribution in [3.63, 3.8) is 0 Å². The summed E-state index contributed by atoms with van der Waals surface area (Å²) in [6, 6.07) is 6.64. The molecule has 5 nitrogen and oxygen atoms in total. The zero-order valence-electron chi connectivity index (χ0n) is 17.2. The maximum absolute atomic E-state index is 13.3. The number of halogens is 1. The normalized spacial score (nSPS) is 14.6. The average molecular weight is 384 g/mol. The summed E-state index contributed by atoms with van der Waals surface area (Å²) in [6.07, 6.45) is 1.49. The highest BCUT2D eigenvalue weighted by molar-refractivity contribution is 5.73. The van der Waals surface area contributed by atoms with Gasteiger partial charge in [-0.2, -0.15) is 0 Å². The molecule has 1 aromatic heterocycles. The van der Waals surface area contributed by atoms with Gasteiger partial charge in [0.1, 0.15) is 17.5 Å². The largest absolute Gasteiger partial charge is 0.353 e. The topological polar surface area (TPSA) is 49.3 Å². The van der Waals surface area contributed by atoms with Crippen LogP contribution in [0.1, 0.15) is 56.3 Å². The molecule has 0 aliphatic carbocycles. The molecule has 1 saturated heterocycles. The monoisotopic (exact) mass is 384 g/mol. The molecular weight excluding hydrogens is 355 g/mol. The van der Waals surface area contributed by atoms with E-state index in [9.17, 15) is 9.18 Å². The SMILES string of the molecule is CCc1nc(C(C)C)nc(N2CCN(C(C)=O)CC2)c1Cc1ccc(F)cc1. The first-order valence-electron chi connectivity index (χ1n) is 10.0. The minimum absolute atomic E-state index is 0.117. The molecular formula is C22H29FN4O. The molecule has 2 aromatic rings. The third-order valence-electron chi connectivity index (χ3n) is 5.26. The summed E-state index contributed by atoms with van der Waals surface area (Å²) in [5.41, 5.74) is 3.20. The van der Waals surface area contributed by atoms with Crippen molar-refractivity contribution in [1.82, 2.24) is 14.9 Å². The standard InChI is InChI=1S/C22H29FN4O/c1-5-20-19(14-17-6-8-18(23)9-7-17)22(25-21(24-20)15(2)3)27-12-10-26(11-13-27)16(4)28/h6-9,15H,5,10-14H2,1-4H3. The summed E-state index contributed by atoms with van der Waals surface area (Å²) >= 11 is 0. The Bertz CT molecular complexity index is 827. The van der Waals surface area contributed by atoms with E-state index < -0.39 is 0 Å². The van der Waals surface area contributed by atoms with E-state index in [1.54, 1.807) is 6.92 Å². The summed E-state index contributed by atoms with van der Waals surface area (Å²) in [5, 5.41) is 0. The van der Waals surface area contributed by atoms with Gasteiger partial charge in [0, 0.05) is 56.7 Å². The summed E-state index contributed by atoms with van der Waals surface area (Å²) in [7, 11) is 0. The highest BCUT2D eigenvalue weighted by Crippen LogP contribution is 2.28. The lowest BCUT2D eigenvalue weighted by atomic mass is 10.0. The molecule has 1 fully saturated rings. The summed E-state index contributed by atoms with van der Waals surface area (Å²) in [5.74, 6) is 1.94. The van der Waals surface area contributed by atoms with Crippen LogP contribution in [0.3, 0.4) is 0 Å². The lowest BCUT2D eigenvalue weighted by molar-refractivity contribution is -0.129. The molecule has 28 heavy (non-hydrogen) atoms. The molecule has 3 rings (SSSR count). The van der Waals surface area contributed by atoms with Crippen LogP contribution in [0.15, 0.2) is 24.3 Å². The Hall–Kier alpha value is -2.50. The molecule has 150 valence electrons. The minimum atomic E-state index is -0.230. The Morgan fingerprint density at radius 3 is 2.29 bits per heavy atom. The number of anilines is 1. The van der Waals surface area contributed by atoms with Crippen LogP contribution in [-0.2, 0) is 17.6 Å². The van der Waals surface area contributed by atoms with Crippen molar-refractivity contribution in [2.75, 3.05) is 31.1 Å². The molecule has 0 N–H and O–H groups in total. The van der Waals surface area contributed by atoms with Crippen LogP contribution in [0.5, 0.6) is 0 Å². The summed E-state index contributed by atoms with van der Waals surface area (Å²) < 4.78 is 13.3. The minimum Gasteiger partial charge on any atom is -0.353 e. The van der Waals surface area contributed by atoms with E-state index in [0.717, 1.165) is 48.0 Å². The lowest BCUT2D eigenvalue weighted by Gasteiger charge is -2.36. The Morgan fingerprint density at radius 1 is 1.11 bits per heavy atom. The molecule has 1 amide bonds. The van der Waals surface area contributed by atoms with Crippen molar-refractivity contribution >= 4 is 11.7 Å². The van der Waals surface area contributed by atoms with Crippen LogP contribution >= 0.6 is 0 Å². The third-order valence-corrected chi connectivity index (χ3v) is 5.26. The number of aryl methyl sites for hydroxylation is 1. The number of carbonyl (C=O) groups excluding carboxylic acids is 1. The molecule has 0 spiro atoms. The molecule has 0 saturated carbocycles. The van der Waals surface area contributed by atoms with Gasteiger partial charge in [-0.1, -0.05) is 32.9 Å². The van der Waals surface area contributed by atoms with Gasteiger partial charge >= 0.3 is 0 Å². The number of aromatic nitrogens is 2. The molecule has 0 unspecified atom stereocenters. The molecule has 0 atom stereocenters. The van der Waals surface area contributed by atoms with Crippen molar-refractivity contribution < 1.29 is 9.18 Å². The van der Waals surface area contributed by atoms with E-state index in [4.69, 9.17) is 9.97 Å². The average Bonchev–Trinajstić information content (AvgIpc) is 2.69. The Balaban J connectivity index is 1.98. The van der Waals surface area contributed by atoms with Gasteiger partial charge in [-0.15, -0.1) is 0 Å². The number of carbonyl (C=O) groups is 1. The summed E-state index contributed by atoms with van der Waals surface area (Å²) in [4.78, 5) is 25.6. The second-order valence-electron chi connectivity index (χ2n) is 7.64. The van der Waals surface area contributed by atoms with Crippen LogP contribution in [0, 0.1) is 5.82 Å². The predicted octanol–water partition coefficient (Wildman–Crippen LogP) is 3.56. The van der Waals surface area contributed by atoms with Gasteiger partial charge in [0.05, 0.1) is 0 Å². The molecule has 1 aromatic carbocycles. The fraction of sp³-hybridized carbons (Fsp3) is 0.500. The first kappa shape index (κ1) is 20.2. The Morgan fingerprint density at radius 2 is 1.75 bits per heavy atom. The zero-order chi connectivity index (χ0) is 20.3. The van der Waals surface area contributed by atoms with E-state index >= 15 is 0 Å². The van der Waals surface area contributed by atoms with Gasteiger partial charge in [0.2, 0.25) is 5.91 Å². The Labute approximate surface area is 166 Å². The predicted molar refractivity (Wildman–Crippen MR) is 109 cm³/mol. The second-order valence-corrected chi connectivity index (χ2v) is 7.64. The molecule has 0 radical (unpaired) electrons. The van der Waals surface area contributed by atoms with Crippen molar-refractivity contribution in [3.8, 4) is 0 Å². The van der Waals surface area contributed by atoms with Crippen molar-refractivity contribution in [2.24, 2.45) is 0 Å². The number of amides is 1. The lowest BCUT2D eigenvalue weighted by Crippen LogP contribution is -2.48. The number of piperazine rings is 1. The van der Waals surface area contributed by atoms with Crippen molar-refractivity contribution in [3.05, 3.63) is 52.7 Å². The molecule has 2 heterocycles. The fourth-order valence-corrected chi connectivity index (χ4v) is 3.57. The van der Waals surface area contributed by atoms with Gasteiger partial charge in [-0.3, -0.25) is 4.79 Å². The van der Waals surface area contributed by atoms with Crippen LogP contribution in [0.25, 0.3) is 0 Å². The first-order chi connectivity index (χ1) is 13.4. The summed E-state index contributed by atoms with van der Waals surface area (Å²) in [6.45, 7) is 10.9. The number of rotatable bonds is 5. The first-order valence-corrected chi connectivity index (χ1v) is 10.0.